The molecule has 2 amide bonds. The number of nitrogens with one attached hydrogen (secondary N) is 1. The monoisotopic (exact) mass is 655 g/mol. The third-order valence-corrected chi connectivity index (χ3v) is 9.65. The van der Waals surface area contributed by atoms with E-state index in [-0.39, 0.29) is 35.4 Å². The molecule has 47 heavy (non-hydrogen) atoms. The maximum atomic E-state index is 14.7. The van der Waals surface area contributed by atoms with Gasteiger partial charge in [-0.05, 0) is 67.6 Å². The van der Waals surface area contributed by atoms with Crippen molar-refractivity contribution < 1.29 is 22.7 Å². The molecule has 0 saturated heterocycles. The summed E-state index contributed by atoms with van der Waals surface area (Å²) in [5.41, 5.74) is 3.84. The normalized spacial score (nSPS) is 12.0. The molecule has 1 unspecified atom stereocenters. The van der Waals surface area contributed by atoms with Crippen LogP contribution in [0.1, 0.15) is 43.0 Å². The first-order chi connectivity index (χ1) is 22.5. The third kappa shape index (κ3) is 9.23. The number of carbonyl (C=O) groups excluding carboxylic acids is 2. The van der Waals surface area contributed by atoms with Crippen molar-refractivity contribution in [3.63, 3.8) is 0 Å². The Morgan fingerprint density at radius 1 is 0.830 bits per heavy atom. The van der Waals surface area contributed by atoms with E-state index in [1.807, 2.05) is 89.2 Å². The zero-order chi connectivity index (χ0) is 34.0. The Morgan fingerprint density at radius 3 is 2.13 bits per heavy atom. The Bertz CT molecular complexity index is 1740. The van der Waals surface area contributed by atoms with E-state index in [4.69, 9.17) is 4.74 Å². The Morgan fingerprint density at radius 2 is 1.47 bits per heavy atom. The highest BCUT2D eigenvalue weighted by atomic mass is 32.2. The number of anilines is 1. The molecule has 4 aromatic rings. The van der Waals surface area contributed by atoms with Crippen molar-refractivity contribution in [1.29, 1.82) is 0 Å². The second kappa shape index (κ2) is 16.3. The van der Waals surface area contributed by atoms with Crippen LogP contribution in [-0.2, 0) is 32.6 Å². The molecule has 0 aliphatic rings. The fraction of sp³-hybridized carbons (Fsp3) is 0.316. The van der Waals surface area contributed by atoms with Crippen LogP contribution in [0.3, 0.4) is 0 Å². The molecular weight excluding hydrogens is 611 g/mol. The number of ether oxygens (including phenoxy) is 1. The molecule has 0 saturated carbocycles. The van der Waals surface area contributed by atoms with Crippen molar-refractivity contribution in [1.82, 2.24) is 10.2 Å². The first-order valence-electron chi connectivity index (χ1n) is 16.0. The molecule has 0 aromatic heterocycles. The SMILES string of the molecule is CCOc1ccccc1N(CC(=O)N(Cc1ccccc1C)C(Cc1ccccc1)C(=O)NCC(C)C)S(=O)(=O)c1ccc(C)cc1. The summed E-state index contributed by atoms with van der Waals surface area (Å²) in [7, 11) is -4.24. The van der Waals surface area contributed by atoms with Gasteiger partial charge in [-0.15, -0.1) is 0 Å². The van der Waals surface area contributed by atoms with Gasteiger partial charge in [0.25, 0.3) is 10.0 Å². The average molecular weight is 656 g/mol. The number of para-hydroxylation sites is 2. The van der Waals surface area contributed by atoms with Crippen LogP contribution in [0.2, 0.25) is 0 Å². The molecule has 4 rings (SSSR count). The van der Waals surface area contributed by atoms with E-state index in [0.29, 0.717) is 18.9 Å². The Hall–Kier alpha value is -4.63. The van der Waals surface area contributed by atoms with E-state index in [9.17, 15) is 18.0 Å². The summed E-state index contributed by atoms with van der Waals surface area (Å²) in [6, 6.07) is 29.6. The quantitative estimate of drug-likeness (QED) is 0.162. The van der Waals surface area contributed by atoms with Crippen LogP contribution in [0.4, 0.5) is 5.69 Å². The Kier molecular flexibility index (Phi) is 12.2. The Labute approximate surface area is 279 Å². The smallest absolute Gasteiger partial charge is 0.264 e. The van der Waals surface area contributed by atoms with Crippen molar-refractivity contribution in [2.45, 2.75) is 58.5 Å². The number of rotatable bonds is 15. The third-order valence-electron chi connectivity index (χ3n) is 7.88. The van der Waals surface area contributed by atoms with Gasteiger partial charge < -0.3 is 15.0 Å². The lowest BCUT2D eigenvalue weighted by Crippen LogP contribution is -2.53. The summed E-state index contributed by atoms with van der Waals surface area (Å²) in [6.45, 7) is 9.97. The van der Waals surface area contributed by atoms with Gasteiger partial charge in [0.15, 0.2) is 0 Å². The summed E-state index contributed by atoms with van der Waals surface area (Å²) < 4.78 is 35.7. The van der Waals surface area contributed by atoms with Gasteiger partial charge in [-0.3, -0.25) is 13.9 Å². The Balaban J connectivity index is 1.84. The van der Waals surface area contributed by atoms with Crippen molar-refractivity contribution >= 4 is 27.5 Å². The van der Waals surface area contributed by atoms with Crippen LogP contribution >= 0.6 is 0 Å². The topological polar surface area (TPSA) is 96.0 Å². The first-order valence-corrected chi connectivity index (χ1v) is 17.4. The predicted octanol–water partition coefficient (Wildman–Crippen LogP) is 6.31. The predicted molar refractivity (Wildman–Crippen MR) is 187 cm³/mol. The second-order valence-corrected chi connectivity index (χ2v) is 13.9. The number of sulfonamides is 1. The second-order valence-electron chi connectivity index (χ2n) is 12.0. The number of nitrogens with zero attached hydrogens (tertiary/aromatic N) is 2. The molecule has 0 aliphatic carbocycles. The van der Waals surface area contributed by atoms with E-state index in [1.165, 1.54) is 17.0 Å². The average Bonchev–Trinajstić information content (AvgIpc) is 3.06. The van der Waals surface area contributed by atoms with Crippen LogP contribution in [0.15, 0.2) is 108 Å². The lowest BCUT2D eigenvalue weighted by molar-refractivity contribution is -0.140. The molecule has 1 N–H and O–H groups in total. The minimum atomic E-state index is -4.24. The molecule has 9 heteroatoms. The number of carbonyl (C=O) groups is 2. The van der Waals surface area contributed by atoms with E-state index < -0.39 is 28.5 Å². The fourth-order valence-electron chi connectivity index (χ4n) is 5.24. The summed E-state index contributed by atoms with van der Waals surface area (Å²) >= 11 is 0. The van der Waals surface area contributed by atoms with Crippen molar-refractivity contribution in [2.75, 3.05) is 24.0 Å². The molecule has 0 spiro atoms. The molecular formula is C38H45N3O5S. The van der Waals surface area contributed by atoms with Crippen LogP contribution in [0.25, 0.3) is 0 Å². The minimum Gasteiger partial charge on any atom is -0.492 e. The summed E-state index contributed by atoms with van der Waals surface area (Å²) in [4.78, 5) is 30.2. The lowest BCUT2D eigenvalue weighted by atomic mass is 10.0. The molecule has 4 aromatic carbocycles. The minimum absolute atomic E-state index is 0.0446. The highest BCUT2D eigenvalue weighted by Crippen LogP contribution is 2.33. The van der Waals surface area contributed by atoms with Gasteiger partial charge in [-0.2, -0.15) is 0 Å². The molecule has 0 heterocycles. The molecule has 8 nitrogen and oxygen atoms in total. The van der Waals surface area contributed by atoms with Crippen LogP contribution in [0.5, 0.6) is 5.75 Å². The number of aryl methyl sites for hydroxylation is 2. The molecule has 0 bridgehead atoms. The number of hydrogen-bond acceptors (Lipinski definition) is 5. The van der Waals surface area contributed by atoms with Gasteiger partial charge in [-0.25, -0.2) is 8.42 Å². The highest BCUT2D eigenvalue weighted by Gasteiger charge is 2.35. The van der Waals surface area contributed by atoms with Crippen LogP contribution in [0, 0.1) is 19.8 Å². The van der Waals surface area contributed by atoms with E-state index in [2.05, 4.69) is 5.32 Å². The summed E-state index contributed by atoms with van der Waals surface area (Å²) in [5.74, 6) is -0.287. The summed E-state index contributed by atoms with van der Waals surface area (Å²) in [5, 5.41) is 3.03. The van der Waals surface area contributed by atoms with Crippen LogP contribution < -0.4 is 14.4 Å². The zero-order valence-electron chi connectivity index (χ0n) is 27.8. The van der Waals surface area contributed by atoms with Gasteiger partial charge in [0, 0.05) is 19.5 Å². The standard InChI is InChI=1S/C38H45N3O5S/c1-6-46-36-19-13-12-18-34(36)41(47(44,45)33-22-20-29(4)21-23-33)27-37(42)40(26-32-17-11-10-14-30(32)5)35(38(43)39-25-28(2)3)24-31-15-8-7-9-16-31/h7-23,28,35H,6,24-27H2,1-5H3,(H,39,43). The number of benzene rings is 4. The van der Waals surface area contributed by atoms with E-state index in [1.54, 1.807) is 36.4 Å². The van der Waals surface area contributed by atoms with Gasteiger partial charge in [0.2, 0.25) is 11.8 Å². The lowest BCUT2D eigenvalue weighted by Gasteiger charge is -2.34. The number of amides is 2. The molecule has 1 atom stereocenters. The van der Waals surface area contributed by atoms with Crippen LogP contribution in [-0.4, -0.2) is 50.9 Å². The highest BCUT2D eigenvalue weighted by molar-refractivity contribution is 7.92. The van der Waals surface area contributed by atoms with Gasteiger partial charge in [-0.1, -0.05) is 98.3 Å². The van der Waals surface area contributed by atoms with Gasteiger partial charge in [0.1, 0.15) is 18.3 Å². The maximum absolute atomic E-state index is 14.7. The number of hydrogen-bond donors (Lipinski definition) is 1. The van der Waals surface area contributed by atoms with Crippen molar-refractivity contribution in [3.05, 3.63) is 125 Å². The summed E-state index contributed by atoms with van der Waals surface area (Å²) in [6.07, 6.45) is 0.253. The maximum Gasteiger partial charge on any atom is 0.264 e. The molecule has 0 radical (unpaired) electrons. The largest absolute Gasteiger partial charge is 0.492 e. The van der Waals surface area contributed by atoms with Crippen molar-refractivity contribution in [2.24, 2.45) is 5.92 Å². The zero-order valence-corrected chi connectivity index (χ0v) is 28.7. The van der Waals surface area contributed by atoms with E-state index in [0.717, 1.165) is 26.6 Å². The first kappa shape index (κ1) is 35.2. The molecule has 248 valence electrons. The van der Waals surface area contributed by atoms with E-state index >= 15 is 0 Å². The van der Waals surface area contributed by atoms with Crippen molar-refractivity contribution in [3.8, 4) is 5.75 Å². The van der Waals surface area contributed by atoms with Gasteiger partial charge >= 0.3 is 0 Å². The van der Waals surface area contributed by atoms with Gasteiger partial charge in [0.05, 0.1) is 17.2 Å². The molecule has 0 aliphatic heterocycles. The fourth-order valence-corrected chi connectivity index (χ4v) is 6.66. The molecule has 0 fully saturated rings.